The Balaban J connectivity index is 1.88. The lowest BCUT2D eigenvalue weighted by molar-refractivity contribution is -0.125. The van der Waals surface area contributed by atoms with Crippen molar-refractivity contribution in [3.05, 3.63) is 18.5 Å². The fraction of sp³-hybridized carbons (Fsp3) is 0.667. The number of hydrogen-bond acceptors (Lipinski definition) is 4. The van der Waals surface area contributed by atoms with E-state index in [1.807, 2.05) is 17.2 Å². The standard InChI is InChI=1S/C12H20N4O2/c13-12(18)11-4-1-2-6-15(11)8-10(17)9-16-7-3-5-14-16/h3,5,7,10-11,17H,1-2,4,6,8-9H2,(H2,13,18)/t10-,11+/m1/s1. The summed E-state index contributed by atoms with van der Waals surface area (Å²) in [6.07, 6.45) is 5.83. The normalized spacial score (nSPS) is 22.8. The zero-order valence-corrected chi connectivity index (χ0v) is 10.4. The van der Waals surface area contributed by atoms with Crippen molar-refractivity contribution >= 4 is 5.91 Å². The number of piperidine rings is 1. The van der Waals surface area contributed by atoms with Gasteiger partial charge in [0.1, 0.15) is 0 Å². The molecule has 1 fully saturated rings. The average molecular weight is 252 g/mol. The second-order valence-electron chi connectivity index (χ2n) is 4.79. The summed E-state index contributed by atoms with van der Waals surface area (Å²) in [5.41, 5.74) is 5.39. The third-order valence-corrected chi connectivity index (χ3v) is 3.34. The van der Waals surface area contributed by atoms with E-state index in [1.54, 1.807) is 10.9 Å². The summed E-state index contributed by atoms with van der Waals surface area (Å²) in [5.74, 6) is -0.291. The first-order chi connectivity index (χ1) is 8.66. The second kappa shape index (κ2) is 5.97. The SMILES string of the molecule is NC(=O)[C@@H]1CCCCN1C[C@@H](O)Cn1cccn1. The van der Waals surface area contributed by atoms with Gasteiger partial charge in [0.05, 0.1) is 18.7 Å². The maximum atomic E-state index is 11.3. The Morgan fingerprint density at radius 3 is 3.00 bits per heavy atom. The molecule has 6 nitrogen and oxygen atoms in total. The summed E-state index contributed by atoms with van der Waals surface area (Å²) in [4.78, 5) is 13.3. The van der Waals surface area contributed by atoms with Crippen LogP contribution >= 0.6 is 0 Å². The van der Waals surface area contributed by atoms with E-state index in [0.717, 1.165) is 25.8 Å². The highest BCUT2D eigenvalue weighted by Gasteiger charge is 2.28. The van der Waals surface area contributed by atoms with Crippen molar-refractivity contribution in [2.45, 2.75) is 38.0 Å². The maximum absolute atomic E-state index is 11.3. The van der Waals surface area contributed by atoms with Gasteiger partial charge in [-0.15, -0.1) is 0 Å². The van der Waals surface area contributed by atoms with Crippen LogP contribution in [0.1, 0.15) is 19.3 Å². The Labute approximate surface area is 106 Å². The number of β-amino-alcohol motifs (C(OH)–C–C–N with tert-alkyl or cyclic N) is 1. The first-order valence-corrected chi connectivity index (χ1v) is 6.35. The predicted octanol–water partition coefficient (Wildman–Crippen LogP) is -0.416. The largest absolute Gasteiger partial charge is 0.390 e. The minimum absolute atomic E-state index is 0.231. The molecule has 100 valence electrons. The van der Waals surface area contributed by atoms with Crippen molar-refractivity contribution in [2.75, 3.05) is 13.1 Å². The van der Waals surface area contributed by atoms with Gasteiger partial charge in [0, 0.05) is 18.9 Å². The maximum Gasteiger partial charge on any atom is 0.234 e. The van der Waals surface area contributed by atoms with Crippen molar-refractivity contribution < 1.29 is 9.90 Å². The van der Waals surface area contributed by atoms with Gasteiger partial charge in [0.25, 0.3) is 0 Å². The van der Waals surface area contributed by atoms with E-state index in [1.165, 1.54) is 0 Å². The minimum atomic E-state index is -0.537. The van der Waals surface area contributed by atoms with Crippen molar-refractivity contribution in [2.24, 2.45) is 5.73 Å². The zero-order valence-electron chi connectivity index (χ0n) is 10.4. The Kier molecular flexibility index (Phi) is 4.33. The number of likely N-dealkylation sites (tertiary alicyclic amines) is 1. The van der Waals surface area contributed by atoms with Crippen LogP contribution in [0.3, 0.4) is 0 Å². The highest BCUT2D eigenvalue weighted by molar-refractivity contribution is 5.79. The number of nitrogens with zero attached hydrogens (tertiary/aromatic N) is 3. The number of primary amides is 1. The van der Waals surface area contributed by atoms with Gasteiger partial charge in [-0.3, -0.25) is 14.4 Å². The molecule has 18 heavy (non-hydrogen) atoms. The third-order valence-electron chi connectivity index (χ3n) is 3.34. The van der Waals surface area contributed by atoms with Crippen LogP contribution in [-0.4, -0.2) is 50.9 Å². The number of aliphatic hydroxyl groups excluding tert-OH is 1. The fourth-order valence-electron chi connectivity index (χ4n) is 2.48. The molecule has 1 aliphatic rings. The molecule has 2 atom stereocenters. The van der Waals surface area contributed by atoms with Gasteiger partial charge in [-0.1, -0.05) is 6.42 Å². The van der Waals surface area contributed by atoms with Crippen molar-refractivity contribution in [1.29, 1.82) is 0 Å². The molecule has 3 N–H and O–H groups in total. The number of aromatic nitrogens is 2. The van der Waals surface area contributed by atoms with Crippen LogP contribution < -0.4 is 5.73 Å². The molecule has 0 aliphatic carbocycles. The number of amides is 1. The number of nitrogens with two attached hydrogens (primary N) is 1. The van der Waals surface area contributed by atoms with E-state index in [-0.39, 0.29) is 11.9 Å². The quantitative estimate of drug-likeness (QED) is 0.745. The predicted molar refractivity (Wildman–Crippen MR) is 66.6 cm³/mol. The van der Waals surface area contributed by atoms with Crippen LogP contribution in [0.2, 0.25) is 0 Å². The lowest BCUT2D eigenvalue weighted by Gasteiger charge is -2.34. The highest BCUT2D eigenvalue weighted by Crippen LogP contribution is 2.17. The molecular weight excluding hydrogens is 232 g/mol. The molecule has 1 aliphatic heterocycles. The number of hydrogen-bond donors (Lipinski definition) is 2. The Bertz CT molecular complexity index is 379. The minimum Gasteiger partial charge on any atom is -0.390 e. The van der Waals surface area contributed by atoms with Crippen molar-refractivity contribution in [3.8, 4) is 0 Å². The average Bonchev–Trinajstić information content (AvgIpc) is 2.82. The molecule has 6 heteroatoms. The van der Waals surface area contributed by atoms with Gasteiger partial charge < -0.3 is 10.8 Å². The molecule has 0 saturated carbocycles. The fourth-order valence-corrected chi connectivity index (χ4v) is 2.48. The number of carbonyl (C=O) groups excluding carboxylic acids is 1. The van der Waals surface area contributed by atoms with Crippen LogP contribution in [0.25, 0.3) is 0 Å². The van der Waals surface area contributed by atoms with E-state index < -0.39 is 6.10 Å². The van der Waals surface area contributed by atoms with Gasteiger partial charge in [0.15, 0.2) is 0 Å². The Morgan fingerprint density at radius 2 is 2.33 bits per heavy atom. The molecule has 1 saturated heterocycles. The summed E-state index contributed by atoms with van der Waals surface area (Å²) in [6, 6.07) is 1.59. The molecule has 2 heterocycles. The molecule has 0 aromatic carbocycles. The second-order valence-corrected chi connectivity index (χ2v) is 4.79. The van der Waals surface area contributed by atoms with Gasteiger partial charge in [-0.25, -0.2) is 0 Å². The van der Waals surface area contributed by atoms with E-state index >= 15 is 0 Å². The van der Waals surface area contributed by atoms with Crippen LogP contribution in [0.5, 0.6) is 0 Å². The van der Waals surface area contributed by atoms with Crippen molar-refractivity contribution in [3.63, 3.8) is 0 Å². The van der Waals surface area contributed by atoms with E-state index in [2.05, 4.69) is 5.10 Å². The van der Waals surface area contributed by atoms with Crippen LogP contribution in [-0.2, 0) is 11.3 Å². The van der Waals surface area contributed by atoms with Gasteiger partial charge in [-0.2, -0.15) is 5.10 Å². The monoisotopic (exact) mass is 252 g/mol. The molecule has 0 unspecified atom stereocenters. The molecule has 2 rings (SSSR count). The third kappa shape index (κ3) is 3.30. The van der Waals surface area contributed by atoms with Gasteiger partial charge >= 0.3 is 0 Å². The summed E-state index contributed by atoms with van der Waals surface area (Å²) in [5, 5.41) is 14.1. The molecule has 1 amide bonds. The van der Waals surface area contributed by atoms with Crippen LogP contribution in [0.15, 0.2) is 18.5 Å². The summed E-state index contributed by atoms with van der Waals surface area (Å²) < 4.78 is 1.69. The Morgan fingerprint density at radius 1 is 1.50 bits per heavy atom. The summed E-state index contributed by atoms with van der Waals surface area (Å²) >= 11 is 0. The van der Waals surface area contributed by atoms with Crippen molar-refractivity contribution in [1.82, 2.24) is 14.7 Å². The Hall–Kier alpha value is -1.40. The molecule has 0 spiro atoms. The molecule has 1 aromatic rings. The smallest absolute Gasteiger partial charge is 0.234 e. The lowest BCUT2D eigenvalue weighted by Crippen LogP contribution is -2.50. The van der Waals surface area contributed by atoms with E-state index in [9.17, 15) is 9.90 Å². The van der Waals surface area contributed by atoms with Crippen LogP contribution in [0, 0.1) is 0 Å². The molecular formula is C12H20N4O2. The first-order valence-electron chi connectivity index (χ1n) is 6.35. The summed E-state index contributed by atoms with van der Waals surface area (Å²) in [7, 11) is 0. The van der Waals surface area contributed by atoms with Gasteiger partial charge in [0.2, 0.25) is 5.91 Å². The molecule has 0 radical (unpaired) electrons. The first kappa shape index (κ1) is 13.0. The summed E-state index contributed by atoms with van der Waals surface area (Å²) in [6.45, 7) is 1.73. The van der Waals surface area contributed by atoms with E-state index in [4.69, 9.17) is 5.73 Å². The zero-order chi connectivity index (χ0) is 13.0. The number of aliphatic hydroxyl groups is 1. The number of rotatable bonds is 5. The molecule has 1 aromatic heterocycles. The lowest BCUT2D eigenvalue weighted by atomic mass is 10.0. The van der Waals surface area contributed by atoms with Gasteiger partial charge in [-0.05, 0) is 25.5 Å². The van der Waals surface area contributed by atoms with Crippen LogP contribution in [0.4, 0.5) is 0 Å². The highest BCUT2D eigenvalue weighted by atomic mass is 16.3. The topological polar surface area (TPSA) is 84.4 Å². The molecule has 0 bridgehead atoms. The van der Waals surface area contributed by atoms with E-state index in [0.29, 0.717) is 13.1 Å². The number of carbonyl (C=O) groups is 1.